The van der Waals surface area contributed by atoms with Gasteiger partial charge < -0.3 is 9.47 Å². The number of nitrogens with zero attached hydrogens (tertiary/aromatic N) is 3. The van der Waals surface area contributed by atoms with E-state index in [1.807, 2.05) is 33.9 Å². The van der Waals surface area contributed by atoms with Gasteiger partial charge in [0.25, 0.3) is 5.69 Å². The van der Waals surface area contributed by atoms with E-state index in [4.69, 9.17) is 55.9 Å². The number of hydrogen-bond donors (Lipinski definition) is 0. The molecule has 7 nitrogen and oxygen atoms in total. The van der Waals surface area contributed by atoms with E-state index >= 15 is 0 Å². The quantitative estimate of drug-likeness (QED) is 0.0648. The highest BCUT2D eigenvalue weighted by Crippen LogP contribution is 2.33. The zero-order chi connectivity index (χ0) is 28.6. The SMILES string of the molecule is CCCCOc1cc([N+](=O)[O-])ccc1C[n+]1ccn(CC(OCc2c(Cl)cccc2Cl)c2ccc(Cl)cc2Cl)c1. The van der Waals surface area contributed by atoms with Gasteiger partial charge in [-0.1, -0.05) is 71.9 Å². The van der Waals surface area contributed by atoms with Crippen molar-refractivity contribution in [3.8, 4) is 5.75 Å². The molecule has 0 aliphatic heterocycles. The standard InChI is InChI=1S/C29H28Cl4N3O4/c1-2-3-13-39-28-15-22(36(37)38)9-7-20(28)16-34-11-12-35(19-34)17-29(23-10-8-21(30)14-27(23)33)40-18-24-25(31)5-4-6-26(24)32/h4-12,14-15,19,29H,2-3,13,16-18H2,1H3/q+1. The zero-order valence-electron chi connectivity index (χ0n) is 21.7. The molecule has 3 aromatic carbocycles. The largest absolute Gasteiger partial charge is 0.493 e. The summed E-state index contributed by atoms with van der Waals surface area (Å²) in [6, 6.07) is 15.3. The molecule has 1 unspecified atom stereocenters. The van der Waals surface area contributed by atoms with Crippen LogP contribution < -0.4 is 9.30 Å². The van der Waals surface area contributed by atoms with Crippen LogP contribution in [0.3, 0.4) is 0 Å². The average molecular weight is 624 g/mol. The van der Waals surface area contributed by atoms with Gasteiger partial charge >= 0.3 is 0 Å². The lowest BCUT2D eigenvalue weighted by Gasteiger charge is -2.19. The van der Waals surface area contributed by atoms with Crippen LogP contribution in [0.15, 0.2) is 73.3 Å². The predicted molar refractivity (Wildman–Crippen MR) is 158 cm³/mol. The van der Waals surface area contributed by atoms with Crippen molar-refractivity contribution in [1.29, 1.82) is 0 Å². The minimum atomic E-state index is -0.440. The maximum atomic E-state index is 11.3. The number of nitro benzene ring substituents is 1. The van der Waals surface area contributed by atoms with Crippen LogP contribution in [0.1, 0.15) is 42.6 Å². The van der Waals surface area contributed by atoms with Gasteiger partial charge in [0, 0.05) is 42.8 Å². The van der Waals surface area contributed by atoms with Gasteiger partial charge in [-0.25, -0.2) is 9.13 Å². The Labute approximate surface area is 252 Å². The fourth-order valence-electron chi connectivity index (χ4n) is 4.13. The zero-order valence-corrected chi connectivity index (χ0v) is 24.8. The molecule has 0 saturated carbocycles. The molecule has 1 atom stereocenters. The van der Waals surface area contributed by atoms with Crippen molar-refractivity contribution in [3.05, 3.63) is 120 Å². The summed E-state index contributed by atoms with van der Waals surface area (Å²) in [7, 11) is 0. The number of imidazole rings is 1. The molecule has 0 bridgehead atoms. The normalized spacial score (nSPS) is 11.9. The lowest BCUT2D eigenvalue weighted by Crippen LogP contribution is -2.32. The minimum Gasteiger partial charge on any atom is -0.493 e. The van der Waals surface area contributed by atoms with Crippen molar-refractivity contribution in [1.82, 2.24) is 4.57 Å². The molecular weight excluding hydrogens is 596 g/mol. The number of halogens is 4. The number of hydrogen-bond acceptors (Lipinski definition) is 4. The van der Waals surface area contributed by atoms with Crippen LogP contribution in [0.2, 0.25) is 20.1 Å². The maximum Gasteiger partial charge on any atom is 0.273 e. The molecule has 0 amide bonds. The minimum absolute atomic E-state index is 0.00345. The molecule has 0 radical (unpaired) electrons. The first-order valence-corrected chi connectivity index (χ1v) is 14.2. The molecule has 4 aromatic rings. The highest BCUT2D eigenvalue weighted by molar-refractivity contribution is 6.36. The van der Waals surface area contributed by atoms with Crippen molar-refractivity contribution in [3.63, 3.8) is 0 Å². The predicted octanol–water partition coefficient (Wildman–Crippen LogP) is 8.48. The Balaban J connectivity index is 1.55. The average Bonchev–Trinajstić information content (AvgIpc) is 3.35. The summed E-state index contributed by atoms with van der Waals surface area (Å²) in [6.45, 7) is 3.65. The van der Waals surface area contributed by atoms with E-state index in [0.29, 0.717) is 51.1 Å². The molecule has 210 valence electrons. The number of benzene rings is 3. The molecule has 0 saturated heterocycles. The van der Waals surface area contributed by atoms with Gasteiger partial charge in [0.2, 0.25) is 6.33 Å². The van der Waals surface area contributed by atoms with E-state index in [-0.39, 0.29) is 12.3 Å². The van der Waals surface area contributed by atoms with Crippen molar-refractivity contribution in [2.75, 3.05) is 6.61 Å². The van der Waals surface area contributed by atoms with Crippen LogP contribution in [-0.2, 0) is 24.4 Å². The third-order valence-electron chi connectivity index (χ3n) is 6.29. The van der Waals surface area contributed by atoms with Gasteiger partial charge in [-0.2, -0.15) is 0 Å². The van der Waals surface area contributed by atoms with Gasteiger partial charge in [-0.15, -0.1) is 0 Å². The fourth-order valence-corrected chi connectivity index (χ4v) is 5.17. The molecule has 1 heterocycles. The molecule has 0 fully saturated rings. The van der Waals surface area contributed by atoms with Crippen LogP contribution in [-0.4, -0.2) is 16.1 Å². The second-order valence-electron chi connectivity index (χ2n) is 9.20. The summed E-state index contributed by atoms with van der Waals surface area (Å²) in [5.41, 5.74) is 2.30. The summed E-state index contributed by atoms with van der Waals surface area (Å²) in [5.74, 6) is 0.508. The summed E-state index contributed by atoms with van der Waals surface area (Å²) < 4.78 is 16.2. The lowest BCUT2D eigenvalue weighted by molar-refractivity contribution is -0.687. The van der Waals surface area contributed by atoms with E-state index in [1.165, 1.54) is 12.1 Å². The van der Waals surface area contributed by atoms with Gasteiger partial charge in [-0.3, -0.25) is 10.1 Å². The van der Waals surface area contributed by atoms with E-state index < -0.39 is 11.0 Å². The Kier molecular flexibility index (Phi) is 10.7. The Bertz CT molecular complexity index is 1460. The molecular formula is C29H28Cl4N3O4+. The summed E-state index contributed by atoms with van der Waals surface area (Å²) in [4.78, 5) is 10.9. The number of nitro groups is 1. The van der Waals surface area contributed by atoms with E-state index in [9.17, 15) is 10.1 Å². The number of non-ortho nitro benzene ring substituents is 1. The number of aromatic nitrogens is 2. The Hall–Kier alpha value is -2.81. The van der Waals surface area contributed by atoms with Crippen LogP contribution in [0, 0.1) is 10.1 Å². The smallest absolute Gasteiger partial charge is 0.273 e. The number of unbranched alkanes of at least 4 members (excludes halogenated alkanes) is 1. The third kappa shape index (κ3) is 7.89. The topological polar surface area (TPSA) is 70.4 Å². The third-order valence-corrected chi connectivity index (χ3v) is 7.56. The Morgan fingerprint density at radius 3 is 2.50 bits per heavy atom. The molecule has 4 rings (SSSR count). The maximum absolute atomic E-state index is 11.3. The fraction of sp³-hybridized carbons (Fsp3) is 0.276. The van der Waals surface area contributed by atoms with Gasteiger partial charge in [0.15, 0.2) is 0 Å². The molecule has 0 N–H and O–H groups in total. The Morgan fingerprint density at radius 1 is 1.02 bits per heavy atom. The van der Waals surface area contributed by atoms with Crippen LogP contribution in [0.4, 0.5) is 5.69 Å². The second-order valence-corrected chi connectivity index (χ2v) is 10.9. The number of rotatable bonds is 13. The van der Waals surface area contributed by atoms with Gasteiger partial charge in [0.1, 0.15) is 37.3 Å². The monoisotopic (exact) mass is 622 g/mol. The molecule has 40 heavy (non-hydrogen) atoms. The van der Waals surface area contributed by atoms with E-state index in [0.717, 1.165) is 24.0 Å². The first-order valence-electron chi connectivity index (χ1n) is 12.7. The van der Waals surface area contributed by atoms with Crippen molar-refractivity contribution < 1.29 is 19.0 Å². The summed E-state index contributed by atoms with van der Waals surface area (Å²) in [6.07, 6.45) is 7.16. The highest BCUT2D eigenvalue weighted by Gasteiger charge is 2.22. The van der Waals surface area contributed by atoms with Crippen LogP contribution in [0.5, 0.6) is 5.75 Å². The van der Waals surface area contributed by atoms with Crippen LogP contribution >= 0.6 is 46.4 Å². The Morgan fingerprint density at radius 2 is 1.80 bits per heavy atom. The molecule has 0 aliphatic rings. The van der Waals surface area contributed by atoms with E-state index in [1.54, 1.807) is 36.4 Å². The molecule has 11 heteroatoms. The lowest BCUT2D eigenvalue weighted by atomic mass is 10.1. The molecule has 1 aromatic heterocycles. The second kappa shape index (κ2) is 14.2. The van der Waals surface area contributed by atoms with E-state index in [2.05, 4.69) is 6.92 Å². The highest BCUT2D eigenvalue weighted by atomic mass is 35.5. The van der Waals surface area contributed by atoms with Gasteiger partial charge in [0.05, 0.1) is 24.2 Å². The van der Waals surface area contributed by atoms with Crippen molar-refractivity contribution >= 4 is 52.1 Å². The van der Waals surface area contributed by atoms with Crippen LogP contribution in [0.25, 0.3) is 0 Å². The van der Waals surface area contributed by atoms with Crippen molar-refractivity contribution in [2.24, 2.45) is 0 Å². The van der Waals surface area contributed by atoms with Crippen molar-refractivity contribution in [2.45, 2.75) is 45.6 Å². The summed E-state index contributed by atoms with van der Waals surface area (Å²) in [5, 5.41) is 13.4. The first-order chi connectivity index (χ1) is 19.2. The molecule has 0 aliphatic carbocycles. The van der Waals surface area contributed by atoms with Gasteiger partial charge in [-0.05, 0) is 36.8 Å². The summed E-state index contributed by atoms with van der Waals surface area (Å²) >= 11 is 25.4. The first kappa shape index (κ1) is 30.2. The molecule has 0 spiro atoms. The number of ether oxygens (including phenoxy) is 2.